The first-order valence-electron chi connectivity index (χ1n) is 10.5. The Hall–Kier alpha value is -3.46. The highest BCUT2D eigenvalue weighted by atomic mass is 32.2. The second kappa shape index (κ2) is 9.19. The van der Waals surface area contributed by atoms with Crippen molar-refractivity contribution in [3.8, 4) is 0 Å². The number of carbonyl (C=O) groups excluding carboxylic acids is 1. The molecule has 0 spiro atoms. The third-order valence-electron chi connectivity index (χ3n) is 5.01. The molecule has 1 aromatic heterocycles. The molecule has 174 valence electrons. The Balaban J connectivity index is 1.72. The number of amides is 1. The van der Waals surface area contributed by atoms with Gasteiger partial charge in [-0.25, -0.2) is 18.4 Å². The van der Waals surface area contributed by atoms with E-state index < -0.39 is 15.9 Å². The summed E-state index contributed by atoms with van der Waals surface area (Å²) in [5.74, 6) is -0.112. The first-order valence-corrected chi connectivity index (χ1v) is 12.0. The van der Waals surface area contributed by atoms with Gasteiger partial charge in [-0.2, -0.15) is 0 Å². The Kier molecular flexibility index (Phi) is 6.73. The average Bonchev–Trinajstić information content (AvgIpc) is 2.71. The van der Waals surface area contributed by atoms with Crippen LogP contribution < -0.4 is 15.6 Å². The molecule has 0 saturated carbocycles. The zero-order valence-electron chi connectivity index (χ0n) is 19.6. The Bertz CT molecular complexity index is 1260. The van der Waals surface area contributed by atoms with E-state index in [0.29, 0.717) is 16.8 Å². The molecular weight excluding hydrogens is 438 g/mol. The summed E-state index contributed by atoms with van der Waals surface area (Å²) in [5.41, 5.74) is 8.90. The van der Waals surface area contributed by atoms with E-state index in [0.717, 1.165) is 17.0 Å². The van der Waals surface area contributed by atoms with E-state index in [1.54, 1.807) is 25.1 Å². The lowest BCUT2D eigenvalue weighted by atomic mass is 9.87. The number of nitrogens with one attached hydrogen (secondary N) is 3. The molecule has 3 rings (SSSR count). The lowest BCUT2D eigenvalue weighted by Gasteiger charge is -2.21. The molecule has 0 bridgehead atoms. The largest absolute Gasteiger partial charge is 0.280 e. The molecule has 0 aliphatic heterocycles. The molecule has 0 aliphatic rings. The fraction of sp³-hybridized carbons (Fsp3) is 0.292. The van der Waals surface area contributed by atoms with Gasteiger partial charge in [0.2, 0.25) is 5.95 Å². The van der Waals surface area contributed by atoms with Gasteiger partial charge in [-0.3, -0.25) is 20.4 Å². The number of aryl methyl sites for hydroxylation is 3. The van der Waals surface area contributed by atoms with Crippen molar-refractivity contribution in [2.24, 2.45) is 0 Å². The molecule has 8 nitrogen and oxygen atoms in total. The van der Waals surface area contributed by atoms with Crippen molar-refractivity contribution >= 4 is 27.6 Å². The number of nitrogens with zero attached hydrogens (tertiary/aromatic N) is 2. The molecule has 2 aromatic carbocycles. The molecule has 0 atom stereocenters. The van der Waals surface area contributed by atoms with Gasteiger partial charge in [0.1, 0.15) is 0 Å². The predicted molar refractivity (Wildman–Crippen MR) is 130 cm³/mol. The first kappa shape index (κ1) is 24.2. The lowest BCUT2D eigenvalue weighted by Crippen LogP contribution is -2.30. The molecule has 1 amide bonds. The van der Waals surface area contributed by atoms with Crippen LogP contribution in [-0.2, 0) is 15.4 Å². The normalized spacial score (nSPS) is 11.7. The third-order valence-corrected chi connectivity index (χ3v) is 6.54. The van der Waals surface area contributed by atoms with Gasteiger partial charge in [0.15, 0.2) is 0 Å². The molecule has 33 heavy (non-hydrogen) atoms. The van der Waals surface area contributed by atoms with Gasteiger partial charge >= 0.3 is 0 Å². The van der Waals surface area contributed by atoms with Gasteiger partial charge in [0, 0.05) is 22.6 Å². The van der Waals surface area contributed by atoms with Gasteiger partial charge in [-0.05, 0) is 73.7 Å². The molecule has 9 heteroatoms. The van der Waals surface area contributed by atoms with E-state index in [1.165, 1.54) is 12.1 Å². The van der Waals surface area contributed by atoms with Crippen LogP contribution in [0.15, 0.2) is 53.4 Å². The molecule has 0 fully saturated rings. The summed E-state index contributed by atoms with van der Waals surface area (Å²) in [7, 11) is -3.79. The van der Waals surface area contributed by atoms with Gasteiger partial charge in [0.05, 0.1) is 4.90 Å². The summed E-state index contributed by atoms with van der Waals surface area (Å²) in [6.45, 7) is 11.5. The second-order valence-corrected chi connectivity index (χ2v) is 10.6. The standard InChI is InChI=1S/C24H29N5O3S/c1-15-7-10-19(24(4,5)6)14-21(15)33(31,32)29-20-11-8-18(9-12-20)22(30)27-28-23-25-16(2)13-17(3)26-23/h7-14,29H,1-6H3,(H,27,30)(H,25,26,28). The number of carbonyl (C=O) groups is 1. The van der Waals surface area contributed by atoms with Gasteiger partial charge < -0.3 is 0 Å². The monoisotopic (exact) mass is 467 g/mol. The number of sulfonamides is 1. The Morgan fingerprint density at radius 1 is 0.879 bits per heavy atom. The number of hydrazine groups is 1. The van der Waals surface area contributed by atoms with Crippen molar-refractivity contribution in [3.63, 3.8) is 0 Å². The SMILES string of the molecule is Cc1cc(C)nc(NNC(=O)c2ccc(NS(=O)(=O)c3cc(C(C)(C)C)ccc3C)cc2)n1. The molecule has 3 aromatic rings. The van der Waals surface area contributed by atoms with Crippen LogP contribution in [0.25, 0.3) is 0 Å². The van der Waals surface area contributed by atoms with Crippen molar-refractivity contribution in [3.05, 3.63) is 76.6 Å². The van der Waals surface area contributed by atoms with E-state index in [-0.39, 0.29) is 16.3 Å². The van der Waals surface area contributed by atoms with Gasteiger partial charge in [-0.1, -0.05) is 32.9 Å². The first-order chi connectivity index (χ1) is 15.3. The third kappa shape index (κ3) is 6.07. The second-order valence-electron chi connectivity index (χ2n) is 8.97. The summed E-state index contributed by atoms with van der Waals surface area (Å²) in [6, 6.07) is 13.5. The van der Waals surface area contributed by atoms with Gasteiger partial charge in [0.25, 0.3) is 15.9 Å². The maximum atomic E-state index is 13.0. The fourth-order valence-corrected chi connectivity index (χ4v) is 4.55. The Morgan fingerprint density at radius 3 is 2.06 bits per heavy atom. The minimum Gasteiger partial charge on any atom is -0.280 e. The maximum absolute atomic E-state index is 13.0. The molecule has 0 aliphatic carbocycles. The molecule has 0 unspecified atom stereocenters. The Labute approximate surface area is 194 Å². The van der Waals surface area contributed by atoms with Crippen LogP contribution in [0.4, 0.5) is 11.6 Å². The van der Waals surface area contributed by atoms with Crippen LogP contribution in [0.5, 0.6) is 0 Å². The predicted octanol–water partition coefficient (Wildman–Crippen LogP) is 4.26. The van der Waals surface area contributed by atoms with Crippen molar-refractivity contribution < 1.29 is 13.2 Å². The number of anilines is 2. The molecule has 1 heterocycles. The topological polar surface area (TPSA) is 113 Å². The van der Waals surface area contributed by atoms with E-state index >= 15 is 0 Å². The van der Waals surface area contributed by atoms with Gasteiger partial charge in [-0.15, -0.1) is 0 Å². The van der Waals surface area contributed by atoms with E-state index in [4.69, 9.17) is 0 Å². The number of benzene rings is 2. The highest BCUT2D eigenvalue weighted by Crippen LogP contribution is 2.27. The number of hydrogen-bond acceptors (Lipinski definition) is 6. The summed E-state index contributed by atoms with van der Waals surface area (Å²) < 4.78 is 28.6. The van der Waals surface area contributed by atoms with E-state index in [1.807, 2.05) is 52.8 Å². The minimum absolute atomic E-state index is 0.177. The quantitative estimate of drug-likeness (QED) is 0.467. The zero-order chi connectivity index (χ0) is 24.4. The van der Waals surface area contributed by atoms with Crippen LogP contribution in [0, 0.1) is 20.8 Å². The zero-order valence-corrected chi connectivity index (χ0v) is 20.5. The highest BCUT2D eigenvalue weighted by molar-refractivity contribution is 7.92. The number of hydrogen-bond donors (Lipinski definition) is 3. The molecular formula is C24H29N5O3S. The fourth-order valence-electron chi connectivity index (χ4n) is 3.22. The number of rotatable bonds is 6. The highest BCUT2D eigenvalue weighted by Gasteiger charge is 2.21. The average molecular weight is 468 g/mol. The molecule has 3 N–H and O–H groups in total. The van der Waals surface area contributed by atoms with Crippen LogP contribution in [0.1, 0.15) is 53.6 Å². The summed E-state index contributed by atoms with van der Waals surface area (Å²) in [6.07, 6.45) is 0. The van der Waals surface area contributed by atoms with Crippen molar-refractivity contribution in [1.82, 2.24) is 15.4 Å². The summed E-state index contributed by atoms with van der Waals surface area (Å²) >= 11 is 0. The number of aromatic nitrogens is 2. The van der Waals surface area contributed by atoms with Crippen molar-refractivity contribution in [1.29, 1.82) is 0 Å². The minimum atomic E-state index is -3.79. The summed E-state index contributed by atoms with van der Waals surface area (Å²) in [5, 5.41) is 0. The van der Waals surface area contributed by atoms with Crippen LogP contribution in [0.2, 0.25) is 0 Å². The smallest absolute Gasteiger partial charge is 0.269 e. The molecule has 0 saturated heterocycles. The maximum Gasteiger partial charge on any atom is 0.269 e. The van der Waals surface area contributed by atoms with Crippen molar-refractivity contribution in [2.75, 3.05) is 10.1 Å². The van der Waals surface area contributed by atoms with Crippen molar-refractivity contribution in [2.45, 2.75) is 51.9 Å². The van der Waals surface area contributed by atoms with Crippen LogP contribution >= 0.6 is 0 Å². The molecule has 0 radical (unpaired) electrons. The summed E-state index contributed by atoms with van der Waals surface area (Å²) in [4.78, 5) is 21.0. The lowest BCUT2D eigenvalue weighted by molar-refractivity contribution is 0.0962. The van der Waals surface area contributed by atoms with Crippen LogP contribution in [0.3, 0.4) is 0 Å². The Morgan fingerprint density at radius 2 is 1.48 bits per heavy atom. The van der Waals surface area contributed by atoms with E-state index in [9.17, 15) is 13.2 Å². The van der Waals surface area contributed by atoms with E-state index in [2.05, 4.69) is 25.5 Å². The van der Waals surface area contributed by atoms with Crippen LogP contribution in [-0.4, -0.2) is 24.3 Å².